The van der Waals surface area contributed by atoms with Crippen molar-refractivity contribution in [2.75, 3.05) is 6.54 Å². The number of nitrogens with one attached hydrogen (secondary N) is 1. The van der Waals surface area contributed by atoms with Crippen LogP contribution in [0.5, 0.6) is 0 Å². The van der Waals surface area contributed by atoms with Crippen LogP contribution in [0.4, 0.5) is 4.39 Å². The lowest BCUT2D eigenvalue weighted by Gasteiger charge is -2.25. The first-order valence-corrected chi connectivity index (χ1v) is 7.95. The lowest BCUT2D eigenvalue weighted by Crippen LogP contribution is -2.30. The van der Waals surface area contributed by atoms with Gasteiger partial charge in [-0.2, -0.15) is 0 Å². The normalized spacial score (nSPS) is 16.3. The Morgan fingerprint density at radius 2 is 2.00 bits per heavy atom. The minimum atomic E-state index is -1.22. The summed E-state index contributed by atoms with van der Waals surface area (Å²) in [7, 11) is 0. The number of halogens is 1. The maximum absolute atomic E-state index is 13.9. The maximum Gasteiger partial charge on any atom is 0.335 e. The summed E-state index contributed by atoms with van der Waals surface area (Å²) in [5, 5.41) is 11.6. The summed E-state index contributed by atoms with van der Waals surface area (Å²) in [5.74, 6) is -2.34. The molecular formula is C19H18FNO3. The summed E-state index contributed by atoms with van der Waals surface area (Å²) in [5.41, 5.74) is 2.24. The Morgan fingerprint density at radius 1 is 1.21 bits per heavy atom. The van der Waals surface area contributed by atoms with E-state index in [0.717, 1.165) is 25.3 Å². The van der Waals surface area contributed by atoms with Crippen molar-refractivity contribution in [3.8, 4) is 0 Å². The van der Waals surface area contributed by atoms with Crippen LogP contribution in [0.15, 0.2) is 42.5 Å². The molecular weight excluding hydrogens is 309 g/mol. The number of carboxylic acid groups (broad SMARTS) is 1. The van der Waals surface area contributed by atoms with Crippen LogP contribution < -0.4 is 5.32 Å². The second kappa shape index (κ2) is 6.83. The molecule has 1 aliphatic carbocycles. The molecule has 0 bridgehead atoms. The third-order valence-corrected chi connectivity index (χ3v) is 4.46. The van der Waals surface area contributed by atoms with Gasteiger partial charge in [0.1, 0.15) is 5.82 Å². The summed E-state index contributed by atoms with van der Waals surface area (Å²) >= 11 is 0. The van der Waals surface area contributed by atoms with Gasteiger partial charge in [-0.1, -0.05) is 24.3 Å². The predicted octanol–water partition coefficient (Wildman–Crippen LogP) is 3.37. The average Bonchev–Trinajstić information content (AvgIpc) is 2.59. The number of fused-ring (bicyclic) bond motifs is 1. The van der Waals surface area contributed by atoms with E-state index in [-0.39, 0.29) is 17.0 Å². The number of aromatic carboxylic acids is 1. The zero-order chi connectivity index (χ0) is 17.1. The molecule has 0 saturated heterocycles. The molecule has 1 atom stereocenters. The van der Waals surface area contributed by atoms with Gasteiger partial charge in [0.15, 0.2) is 0 Å². The highest BCUT2D eigenvalue weighted by atomic mass is 19.1. The molecule has 0 aliphatic heterocycles. The van der Waals surface area contributed by atoms with Crippen molar-refractivity contribution in [3.63, 3.8) is 0 Å². The van der Waals surface area contributed by atoms with Crippen molar-refractivity contribution in [1.29, 1.82) is 0 Å². The van der Waals surface area contributed by atoms with E-state index in [1.165, 1.54) is 23.3 Å². The van der Waals surface area contributed by atoms with E-state index in [2.05, 4.69) is 17.4 Å². The Balaban J connectivity index is 1.70. The average molecular weight is 327 g/mol. The molecule has 1 unspecified atom stereocenters. The molecule has 5 heteroatoms. The molecule has 24 heavy (non-hydrogen) atoms. The largest absolute Gasteiger partial charge is 0.478 e. The molecule has 4 nitrogen and oxygen atoms in total. The Hall–Kier alpha value is -2.69. The fraction of sp³-hybridized carbons (Fsp3) is 0.263. The fourth-order valence-corrected chi connectivity index (χ4v) is 3.21. The van der Waals surface area contributed by atoms with Crippen LogP contribution in [0.1, 0.15) is 50.6 Å². The highest BCUT2D eigenvalue weighted by Crippen LogP contribution is 2.30. The number of rotatable bonds is 4. The third kappa shape index (κ3) is 3.30. The molecule has 0 fully saturated rings. The first kappa shape index (κ1) is 16.2. The van der Waals surface area contributed by atoms with Crippen LogP contribution in [0.25, 0.3) is 0 Å². The summed E-state index contributed by atoms with van der Waals surface area (Å²) in [6.07, 6.45) is 3.10. The van der Waals surface area contributed by atoms with Gasteiger partial charge in [-0.05, 0) is 48.6 Å². The first-order valence-electron chi connectivity index (χ1n) is 7.95. The Morgan fingerprint density at radius 3 is 2.75 bits per heavy atom. The van der Waals surface area contributed by atoms with E-state index in [1.54, 1.807) is 0 Å². The quantitative estimate of drug-likeness (QED) is 0.905. The number of hydrogen-bond acceptors (Lipinski definition) is 2. The van der Waals surface area contributed by atoms with Gasteiger partial charge in [0, 0.05) is 12.5 Å². The molecule has 0 aromatic heterocycles. The van der Waals surface area contributed by atoms with Crippen molar-refractivity contribution in [2.45, 2.75) is 25.2 Å². The number of carbonyl (C=O) groups is 2. The molecule has 2 aromatic rings. The lowest BCUT2D eigenvalue weighted by atomic mass is 9.83. The van der Waals surface area contributed by atoms with Crippen molar-refractivity contribution >= 4 is 11.9 Å². The molecule has 3 rings (SSSR count). The number of hydrogen-bond donors (Lipinski definition) is 2. The van der Waals surface area contributed by atoms with Gasteiger partial charge in [0.05, 0.1) is 11.1 Å². The van der Waals surface area contributed by atoms with Crippen molar-refractivity contribution in [1.82, 2.24) is 5.32 Å². The molecule has 0 heterocycles. The van der Waals surface area contributed by atoms with Crippen molar-refractivity contribution in [2.24, 2.45) is 0 Å². The molecule has 0 saturated carbocycles. The highest BCUT2D eigenvalue weighted by molar-refractivity contribution is 5.96. The van der Waals surface area contributed by atoms with Crippen molar-refractivity contribution in [3.05, 3.63) is 70.5 Å². The van der Waals surface area contributed by atoms with Gasteiger partial charge < -0.3 is 10.4 Å². The summed E-state index contributed by atoms with van der Waals surface area (Å²) in [6.45, 7) is 0.440. The van der Waals surface area contributed by atoms with Gasteiger partial charge in [0.25, 0.3) is 5.91 Å². The summed E-state index contributed by atoms with van der Waals surface area (Å²) in [6, 6.07) is 11.5. The highest BCUT2D eigenvalue weighted by Gasteiger charge is 2.21. The lowest BCUT2D eigenvalue weighted by molar-refractivity contribution is 0.0695. The molecule has 2 N–H and O–H groups in total. The van der Waals surface area contributed by atoms with Gasteiger partial charge in [-0.15, -0.1) is 0 Å². The van der Waals surface area contributed by atoms with E-state index >= 15 is 0 Å². The smallest absolute Gasteiger partial charge is 0.335 e. The van der Waals surface area contributed by atoms with E-state index in [0.29, 0.717) is 6.54 Å². The topological polar surface area (TPSA) is 66.4 Å². The van der Waals surface area contributed by atoms with Crippen molar-refractivity contribution < 1.29 is 19.1 Å². The van der Waals surface area contributed by atoms with Crippen LogP contribution in [-0.4, -0.2) is 23.5 Å². The monoisotopic (exact) mass is 327 g/mol. The standard InChI is InChI=1S/C19H18FNO3/c20-17-10-13(19(23)24)8-9-16(17)18(22)21-11-14-6-3-5-12-4-1-2-7-15(12)14/h1-2,4,7-10,14H,3,5-6,11H2,(H,21,22)(H,23,24). The summed E-state index contributed by atoms with van der Waals surface area (Å²) < 4.78 is 13.9. The second-order valence-corrected chi connectivity index (χ2v) is 6.00. The molecule has 2 aromatic carbocycles. The Labute approximate surface area is 139 Å². The van der Waals surface area contributed by atoms with Crippen LogP contribution >= 0.6 is 0 Å². The van der Waals surface area contributed by atoms with E-state index in [4.69, 9.17) is 5.11 Å². The number of amides is 1. The van der Waals surface area contributed by atoms with Crippen LogP contribution in [0.2, 0.25) is 0 Å². The number of carbonyl (C=O) groups excluding carboxylic acids is 1. The molecule has 1 aliphatic rings. The minimum Gasteiger partial charge on any atom is -0.478 e. The van der Waals surface area contributed by atoms with Crippen LogP contribution in [0.3, 0.4) is 0 Å². The Bertz CT molecular complexity index is 788. The predicted molar refractivity (Wildman–Crippen MR) is 87.8 cm³/mol. The molecule has 124 valence electrons. The van der Waals surface area contributed by atoms with E-state index < -0.39 is 17.7 Å². The zero-order valence-electron chi connectivity index (χ0n) is 13.1. The summed E-state index contributed by atoms with van der Waals surface area (Å²) in [4.78, 5) is 23.0. The van der Waals surface area contributed by atoms with Gasteiger partial charge in [0.2, 0.25) is 0 Å². The SMILES string of the molecule is O=C(O)c1ccc(C(=O)NCC2CCCc3ccccc32)c(F)c1. The zero-order valence-corrected chi connectivity index (χ0v) is 13.1. The number of aryl methyl sites for hydroxylation is 1. The molecule has 1 amide bonds. The third-order valence-electron chi connectivity index (χ3n) is 4.46. The van der Waals surface area contributed by atoms with Crippen LogP contribution in [0, 0.1) is 5.82 Å². The molecule has 0 radical (unpaired) electrons. The van der Waals surface area contributed by atoms with Crippen LogP contribution in [-0.2, 0) is 6.42 Å². The minimum absolute atomic E-state index is 0.135. The molecule has 0 spiro atoms. The maximum atomic E-state index is 13.9. The number of carboxylic acids is 1. The fourth-order valence-electron chi connectivity index (χ4n) is 3.21. The first-order chi connectivity index (χ1) is 11.6. The Kier molecular flexibility index (Phi) is 4.60. The number of benzene rings is 2. The van der Waals surface area contributed by atoms with Gasteiger partial charge in [-0.3, -0.25) is 4.79 Å². The van der Waals surface area contributed by atoms with Gasteiger partial charge >= 0.3 is 5.97 Å². The second-order valence-electron chi connectivity index (χ2n) is 6.00. The van der Waals surface area contributed by atoms with Gasteiger partial charge in [-0.25, -0.2) is 9.18 Å². The van der Waals surface area contributed by atoms with E-state index in [9.17, 15) is 14.0 Å². The van der Waals surface area contributed by atoms with E-state index in [1.807, 2.05) is 12.1 Å².